The van der Waals surface area contributed by atoms with Crippen LogP contribution in [-0.2, 0) is 4.79 Å². The summed E-state index contributed by atoms with van der Waals surface area (Å²) < 4.78 is 11.1. The molecule has 0 radical (unpaired) electrons. The second-order valence-corrected chi connectivity index (χ2v) is 7.60. The maximum Gasteiger partial charge on any atom is 0.307 e. The lowest BCUT2D eigenvalue weighted by molar-refractivity contribution is -0.143. The van der Waals surface area contributed by atoms with Gasteiger partial charge >= 0.3 is 5.97 Å². The molecule has 1 aliphatic rings. The zero-order valence-electron chi connectivity index (χ0n) is 17.1. The summed E-state index contributed by atoms with van der Waals surface area (Å²) in [4.78, 5) is 13.9. The van der Waals surface area contributed by atoms with Crippen LogP contribution in [0.5, 0.6) is 11.5 Å². The molecule has 0 saturated carbocycles. The number of benzene rings is 2. The van der Waals surface area contributed by atoms with Gasteiger partial charge in [0.2, 0.25) is 0 Å². The van der Waals surface area contributed by atoms with Crippen molar-refractivity contribution in [3.05, 3.63) is 58.7 Å². The van der Waals surface area contributed by atoms with Crippen LogP contribution in [0.2, 0.25) is 0 Å². The Balaban J connectivity index is 2.13. The number of hydrogen-bond acceptors (Lipinski definition) is 4. The quantitative estimate of drug-likeness (QED) is 0.810. The van der Waals surface area contributed by atoms with Crippen LogP contribution in [0.3, 0.4) is 0 Å². The Kier molecular flexibility index (Phi) is 6.25. The van der Waals surface area contributed by atoms with Crippen LogP contribution in [-0.4, -0.2) is 43.3 Å². The highest BCUT2D eigenvalue weighted by atomic mass is 16.5. The van der Waals surface area contributed by atoms with Crippen molar-refractivity contribution in [3.63, 3.8) is 0 Å². The first-order chi connectivity index (χ1) is 13.4. The predicted molar refractivity (Wildman–Crippen MR) is 109 cm³/mol. The zero-order valence-corrected chi connectivity index (χ0v) is 17.1. The largest absolute Gasteiger partial charge is 0.497 e. The summed E-state index contributed by atoms with van der Waals surface area (Å²) in [5, 5.41) is 9.58. The van der Waals surface area contributed by atoms with Gasteiger partial charge in [0, 0.05) is 12.1 Å². The number of ether oxygens (including phenoxy) is 2. The molecule has 2 atom stereocenters. The van der Waals surface area contributed by atoms with Crippen molar-refractivity contribution in [1.29, 1.82) is 0 Å². The minimum atomic E-state index is -0.721. The molecular formula is C23H29NO4. The van der Waals surface area contributed by atoms with Crippen molar-refractivity contribution in [2.45, 2.75) is 32.7 Å². The van der Waals surface area contributed by atoms with Gasteiger partial charge in [0.05, 0.1) is 26.2 Å². The van der Waals surface area contributed by atoms with Gasteiger partial charge in [0.15, 0.2) is 0 Å². The number of aryl methyl sites for hydroxylation is 2. The number of methoxy groups -OCH3 is 2. The van der Waals surface area contributed by atoms with Crippen molar-refractivity contribution in [2.24, 2.45) is 5.92 Å². The number of carboxylic acids is 1. The molecule has 0 bridgehead atoms. The third kappa shape index (κ3) is 4.30. The maximum atomic E-state index is 11.7. The van der Waals surface area contributed by atoms with Gasteiger partial charge in [-0.1, -0.05) is 29.3 Å². The molecule has 2 aromatic rings. The number of rotatable bonds is 6. The van der Waals surface area contributed by atoms with Gasteiger partial charge in [-0.05, 0) is 57.0 Å². The van der Waals surface area contributed by atoms with Crippen molar-refractivity contribution in [1.82, 2.24) is 4.90 Å². The van der Waals surface area contributed by atoms with Crippen LogP contribution < -0.4 is 9.47 Å². The first-order valence-electron chi connectivity index (χ1n) is 9.70. The fourth-order valence-electron chi connectivity index (χ4n) is 4.25. The third-order valence-electron chi connectivity index (χ3n) is 5.46. The van der Waals surface area contributed by atoms with E-state index in [2.05, 4.69) is 36.9 Å². The summed E-state index contributed by atoms with van der Waals surface area (Å²) >= 11 is 0. The van der Waals surface area contributed by atoms with E-state index >= 15 is 0 Å². The van der Waals surface area contributed by atoms with Gasteiger partial charge in [-0.2, -0.15) is 0 Å². The molecule has 5 heteroatoms. The van der Waals surface area contributed by atoms with Crippen LogP contribution in [0.1, 0.15) is 41.1 Å². The molecule has 1 heterocycles. The van der Waals surface area contributed by atoms with Crippen molar-refractivity contribution < 1.29 is 19.4 Å². The molecule has 1 aliphatic heterocycles. The van der Waals surface area contributed by atoms with Gasteiger partial charge in [0.25, 0.3) is 0 Å². The Morgan fingerprint density at radius 2 is 1.82 bits per heavy atom. The molecular weight excluding hydrogens is 354 g/mol. The van der Waals surface area contributed by atoms with Crippen LogP contribution in [0.15, 0.2) is 36.4 Å². The van der Waals surface area contributed by atoms with E-state index in [-0.39, 0.29) is 12.0 Å². The monoisotopic (exact) mass is 383 g/mol. The lowest BCUT2D eigenvalue weighted by Gasteiger charge is -2.38. The number of piperidine rings is 1. The van der Waals surface area contributed by atoms with E-state index in [0.29, 0.717) is 6.54 Å². The summed E-state index contributed by atoms with van der Waals surface area (Å²) in [6.07, 6.45) is 1.59. The molecule has 0 amide bonds. The van der Waals surface area contributed by atoms with Gasteiger partial charge in [-0.15, -0.1) is 0 Å². The Morgan fingerprint density at radius 3 is 2.43 bits per heavy atom. The van der Waals surface area contributed by atoms with Crippen LogP contribution >= 0.6 is 0 Å². The van der Waals surface area contributed by atoms with Gasteiger partial charge in [-0.25, -0.2) is 0 Å². The number of likely N-dealkylation sites (tertiary alicyclic amines) is 1. The molecule has 2 unspecified atom stereocenters. The van der Waals surface area contributed by atoms with Crippen LogP contribution in [0.4, 0.5) is 0 Å². The average Bonchev–Trinajstić information content (AvgIpc) is 2.67. The van der Waals surface area contributed by atoms with E-state index in [1.807, 2.05) is 18.2 Å². The highest BCUT2D eigenvalue weighted by Crippen LogP contribution is 2.39. The minimum absolute atomic E-state index is 0.0919. The van der Waals surface area contributed by atoms with E-state index in [1.54, 1.807) is 14.2 Å². The number of hydrogen-bond donors (Lipinski definition) is 1. The standard InChI is InChI=1S/C23H29NO4/c1-15-10-16(2)12-18(11-15)22(24-9-5-6-17(14-24)23(25)26)20-13-19(27-3)7-8-21(20)28-4/h7-8,10-13,17,22H,5-6,9,14H2,1-4H3,(H,25,26). The van der Waals surface area contributed by atoms with E-state index in [4.69, 9.17) is 9.47 Å². The smallest absolute Gasteiger partial charge is 0.307 e. The highest BCUT2D eigenvalue weighted by Gasteiger charge is 2.33. The average molecular weight is 383 g/mol. The predicted octanol–water partition coefficient (Wildman–Crippen LogP) is 4.21. The molecule has 0 aliphatic carbocycles. The summed E-state index contributed by atoms with van der Waals surface area (Å²) in [5.74, 6) is 0.472. The molecule has 1 N–H and O–H groups in total. The number of nitrogens with zero attached hydrogens (tertiary/aromatic N) is 1. The fourth-order valence-corrected chi connectivity index (χ4v) is 4.25. The molecule has 150 valence electrons. The molecule has 2 aromatic carbocycles. The van der Waals surface area contributed by atoms with Crippen molar-refractivity contribution in [3.8, 4) is 11.5 Å². The number of aliphatic carboxylic acids is 1. The summed E-state index contributed by atoms with van der Waals surface area (Å²) in [6.45, 7) is 5.55. The summed E-state index contributed by atoms with van der Waals surface area (Å²) in [6, 6.07) is 12.2. The fraction of sp³-hybridized carbons (Fsp3) is 0.435. The third-order valence-corrected chi connectivity index (χ3v) is 5.46. The lowest BCUT2D eigenvalue weighted by Crippen LogP contribution is -2.41. The Hall–Kier alpha value is -2.53. The van der Waals surface area contributed by atoms with E-state index in [0.717, 1.165) is 42.0 Å². The minimum Gasteiger partial charge on any atom is -0.497 e. The molecule has 28 heavy (non-hydrogen) atoms. The normalized spacial score (nSPS) is 18.5. The molecule has 1 fully saturated rings. The zero-order chi connectivity index (χ0) is 20.3. The number of carboxylic acid groups (broad SMARTS) is 1. The lowest BCUT2D eigenvalue weighted by atomic mass is 9.89. The maximum absolute atomic E-state index is 11.7. The Morgan fingerprint density at radius 1 is 1.11 bits per heavy atom. The molecule has 1 saturated heterocycles. The Bertz CT molecular complexity index is 828. The first-order valence-corrected chi connectivity index (χ1v) is 9.70. The molecule has 0 aromatic heterocycles. The van der Waals surface area contributed by atoms with Gasteiger partial charge in [-0.3, -0.25) is 9.69 Å². The topological polar surface area (TPSA) is 59.0 Å². The molecule has 3 rings (SSSR count). The van der Waals surface area contributed by atoms with Crippen molar-refractivity contribution in [2.75, 3.05) is 27.3 Å². The molecule has 5 nitrogen and oxygen atoms in total. The second-order valence-electron chi connectivity index (χ2n) is 7.60. The van der Waals surface area contributed by atoms with Gasteiger partial charge < -0.3 is 14.6 Å². The van der Waals surface area contributed by atoms with E-state index < -0.39 is 5.97 Å². The SMILES string of the molecule is COc1ccc(OC)c(C(c2cc(C)cc(C)c2)N2CCCC(C(=O)O)C2)c1. The summed E-state index contributed by atoms with van der Waals surface area (Å²) in [5.41, 5.74) is 4.52. The van der Waals surface area contributed by atoms with Crippen LogP contribution in [0.25, 0.3) is 0 Å². The highest BCUT2D eigenvalue weighted by molar-refractivity contribution is 5.70. The molecule has 0 spiro atoms. The first kappa shape index (κ1) is 20.2. The Labute approximate surface area is 166 Å². The van der Waals surface area contributed by atoms with E-state index in [1.165, 1.54) is 11.1 Å². The van der Waals surface area contributed by atoms with Crippen molar-refractivity contribution >= 4 is 5.97 Å². The van der Waals surface area contributed by atoms with Crippen LogP contribution in [0, 0.1) is 19.8 Å². The second kappa shape index (κ2) is 8.65. The van der Waals surface area contributed by atoms with E-state index in [9.17, 15) is 9.90 Å². The number of carbonyl (C=O) groups is 1. The van der Waals surface area contributed by atoms with Gasteiger partial charge in [0.1, 0.15) is 11.5 Å². The summed E-state index contributed by atoms with van der Waals surface area (Å²) in [7, 11) is 3.32.